The molecule has 1 heterocycles. The second-order valence-corrected chi connectivity index (χ2v) is 6.37. The van der Waals surface area contributed by atoms with Crippen molar-refractivity contribution in [1.29, 1.82) is 0 Å². The Morgan fingerprint density at radius 1 is 1.23 bits per heavy atom. The van der Waals surface area contributed by atoms with E-state index in [4.69, 9.17) is 0 Å². The maximum absolute atomic E-state index is 12.4. The Kier molecular flexibility index (Phi) is 4.14. The molecule has 7 heteroatoms. The zero-order valence-electron chi connectivity index (χ0n) is 14.3. The van der Waals surface area contributed by atoms with E-state index in [0.717, 1.165) is 16.7 Å². The molecule has 0 radical (unpaired) electrons. The van der Waals surface area contributed by atoms with Crippen LogP contribution in [0, 0.1) is 0 Å². The molecule has 0 aliphatic heterocycles. The highest BCUT2D eigenvalue weighted by Crippen LogP contribution is 2.31. The Labute approximate surface area is 150 Å². The first kappa shape index (κ1) is 16.3. The molecule has 1 aromatic heterocycles. The third-order valence-electron chi connectivity index (χ3n) is 4.47. The van der Waals surface area contributed by atoms with Crippen molar-refractivity contribution in [2.24, 2.45) is 7.05 Å². The lowest BCUT2D eigenvalue weighted by Crippen LogP contribution is -2.36. The lowest BCUT2D eigenvalue weighted by Gasteiger charge is -2.18. The Bertz CT molecular complexity index is 952. The smallest absolute Gasteiger partial charge is 0.319 e. The SMILES string of the molecule is Cn1cnc(-c2cccc(NC(=O)N[C@H]3c4ccccc4C[C@@H]3O)c2)n1. The molecule has 2 amide bonds. The van der Waals surface area contributed by atoms with Gasteiger partial charge in [0.2, 0.25) is 0 Å². The summed E-state index contributed by atoms with van der Waals surface area (Å²) >= 11 is 0. The summed E-state index contributed by atoms with van der Waals surface area (Å²) in [7, 11) is 1.80. The third-order valence-corrected chi connectivity index (χ3v) is 4.47. The number of carbonyl (C=O) groups excluding carboxylic acids is 1. The fraction of sp³-hybridized carbons (Fsp3) is 0.211. The van der Waals surface area contributed by atoms with Crippen LogP contribution in [0.4, 0.5) is 10.5 Å². The molecular weight excluding hydrogens is 330 g/mol. The van der Waals surface area contributed by atoms with Crippen LogP contribution in [0.1, 0.15) is 17.2 Å². The Hall–Kier alpha value is -3.19. The van der Waals surface area contributed by atoms with Crippen molar-refractivity contribution in [3.05, 3.63) is 66.0 Å². The van der Waals surface area contributed by atoms with Gasteiger partial charge in [0, 0.05) is 24.7 Å². The van der Waals surface area contributed by atoms with Crippen molar-refractivity contribution in [1.82, 2.24) is 20.1 Å². The topological polar surface area (TPSA) is 92.1 Å². The van der Waals surface area contributed by atoms with Crippen LogP contribution in [0.2, 0.25) is 0 Å². The Balaban J connectivity index is 1.47. The average molecular weight is 349 g/mol. The highest BCUT2D eigenvalue weighted by Gasteiger charge is 2.31. The van der Waals surface area contributed by atoms with E-state index in [-0.39, 0.29) is 6.03 Å². The number of aliphatic hydroxyl groups excluding tert-OH is 1. The number of aryl methyl sites for hydroxylation is 1. The molecular formula is C19H19N5O2. The highest BCUT2D eigenvalue weighted by molar-refractivity contribution is 5.90. The third kappa shape index (κ3) is 3.16. The van der Waals surface area contributed by atoms with Crippen LogP contribution in [-0.4, -0.2) is 32.0 Å². The number of rotatable bonds is 3. The van der Waals surface area contributed by atoms with Crippen LogP contribution in [-0.2, 0) is 13.5 Å². The predicted molar refractivity (Wildman–Crippen MR) is 97.5 cm³/mol. The number of amides is 2. The number of nitrogens with one attached hydrogen (secondary N) is 2. The van der Waals surface area contributed by atoms with Crippen molar-refractivity contribution in [3.8, 4) is 11.4 Å². The first-order chi connectivity index (χ1) is 12.6. The maximum atomic E-state index is 12.4. The number of hydrogen-bond acceptors (Lipinski definition) is 4. The molecule has 0 bridgehead atoms. The average Bonchev–Trinajstić information content (AvgIpc) is 3.19. The molecule has 2 atom stereocenters. The van der Waals surface area contributed by atoms with Crippen LogP contribution in [0.15, 0.2) is 54.9 Å². The molecule has 3 N–H and O–H groups in total. The van der Waals surface area contributed by atoms with E-state index in [9.17, 15) is 9.90 Å². The summed E-state index contributed by atoms with van der Waals surface area (Å²) < 4.78 is 1.63. The zero-order valence-corrected chi connectivity index (χ0v) is 14.3. The molecule has 0 fully saturated rings. The highest BCUT2D eigenvalue weighted by atomic mass is 16.3. The number of benzene rings is 2. The molecule has 3 aromatic rings. The quantitative estimate of drug-likeness (QED) is 0.676. The monoisotopic (exact) mass is 349 g/mol. The van der Waals surface area contributed by atoms with Crippen molar-refractivity contribution in [2.75, 3.05) is 5.32 Å². The Morgan fingerprint density at radius 3 is 2.88 bits per heavy atom. The van der Waals surface area contributed by atoms with Gasteiger partial charge < -0.3 is 15.7 Å². The molecule has 4 rings (SSSR count). The summed E-state index contributed by atoms with van der Waals surface area (Å²) in [5.41, 5.74) is 3.47. The fourth-order valence-electron chi connectivity index (χ4n) is 3.26. The van der Waals surface area contributed by atoms with E-state index in [1.165, 1.54) is 0 Å². The van der Waals surface area contributed by atoms with Gasteiger partial charge in [-0.15, -0.1) is 0 Å². The second kappa shape index (κ2) is 6.61. The van der Waals surface area contributed by atoms with Gasteiger partial charge in [0.25, 0.3) is 0 Å². The van der Waals surface area contributed by atoms with Crippen LogP contribution < -0.4 is 10.6 Å². The van der Waals surface area contributed by atoms with Gasteiger partial charge in [-0.25, -0.2) is 9.78 Å². The van der Waals surface area contributed by atoms with E-state index in [1.54, 1.807) is 24.1 Å². The van der Waals surface area contributed by atoms with Gasteiger partial charge in [-0.3, -0.25) is 4.68 Å². The van der Waals surface area contributed by atoms with Gasteiger partial charge in [0.1, 0.15) is 6.33 Å². The van der Waals surface area contributed by atoms with Gasteiger partial charge in [-0.1, -0.05) is 36.4 Å². The lowest BCUT2D eigenvalue weighted by molar-refractivity contribution is 0.144. The summed E-state index contributed by atoms with van der Waals surface area (Å²) in [6.45, 7) is 0. The maximum Gasteiger partial charge on any atom is 0.319 e. The van der Waals surface area contributed by atoms with Crippen molar-refractivity contribution < 1.29 is 9.90 Å². The van der Waals surface area contributed by atoms with Crippen LogP contribution >= 0.6 is 0 Å². The summed E-state index contributed by atoms with van der Waals surface area (Å²) in [6.07, 6.45) is 1.55. The summed E-state index contributed by atoms with van der Waals surface area (Å²) in [5, 5.41) is 20.2. The fourth-order valence-corrected chi connectivity index (χ4v) is 3.26. The van der Waals surface area contributed by atoms with Gasteiger partial charge in [0.15, 0.2) is 5.82 Å². The molecule has 1 aliphatic carbocycles. The number of anilines is 1. The number of aliphatic hydroxyl groups is 1. The number of fused-ring (bicyclic) bond motifs is 1. The molecule has 2 aromatic carbocycles. The van der Waals surface area contributed by atoms with Gasteiger partial charge >= 0.3 is 6.03 Å². The van der Waals surface area contributed by atoms with E-state index < -0.39 is 12.1 Å². The van der Waals surface area contributed by atoms with Crippen molar-refractivity contribution in [2.45, 2.75) is 18.6 Å². The molecule has 0 spiro atoms. The first-order valence-corrected chi connectivity index (χ1v) is 8.39. The van der Waals surface area contributed by atoms with Gasteiger partial charge in [0.05, 0.1) is 12.1 Å². The van der Waals surface area contributed by atoms with E-state index in [2.05, 4.69) is 20.7 Å². The first-order valence-electron chi connectivity index (χ1n) is 8.39. The van der Waals surface area contributed by atoms with Crippen molar-refractivity contribution in [3.63, 3.8) is 0 Å². The molecule has 0 saturated carbocycles. The van der Waals surface area contributed by atoms with Gasteiger partial charge in [-0.05, 0) is 23.3 Å². The number of aromatic nitrogens is 3. The Morgan fingerprint density at radius 2 is 2.08 bits per heavy atom. The van der Waals surface area contributed by atoms with Crippen LogP contribution in [0.25, 0.3) is 11.4 Å². The normalized spacial score (nSPS) is 18.4. The van der Waals surface area contributed by atoms with Crippen LogP contribution in [0.3, 0.4) is 0 Å². The standard InChI is InChI=1S/C19H19N5O2/c1-24-11-20-18(23-24)13-6-4-7-14(9-13)21-19(26)22-17-15-8-3-2-5-12(15)10-16(17)25/h2-9,11,16-17,25H,10H2,1H3,(H2,21,22,26)/t16-,17-/m0/s1. The molecule has 0 saturated heterocycles. The predicted octanol–water partition coefficient (Wildman–Crippen LogP) is 2.26. The lowest BCUT2D eigenvalue weighted by atomic mass is 10.1. The van der Waals surface area contributed by atoms with E-state index in [1.807, 2.05) is 42.5 Å². The number of hydrogen-bond donors (Lipinski definition) is 3. The summed E-state index contributed by atoms with van der Waals surface area (Å²) in [6, 6.07) is 14.3. The van der Waals surface area contributed by atoms with Crippen LogP contribution in [0.5, 0.6) is 0 Å². The molecule has 26 heavy (non-hydrogen) atoms. The minimum Gasteiger partial charge on any atom is -0.390 e. The molecule has 132 valence electrons. The minimum absolute atomic E-state index is 0.364. The summed E-state index contributed by atoms with van der Waals surface area (Å²) in [5.74, 6) is 0.594. The number of carbonyl (C=O) groups is 1. The van der Waals surface area contributed by atoms with Crippen molar-refractivity contribution >= 4 is 11.7 Å². The minimum atomic E-state index is -0.623. The summed E-state index contributed by atoms with van der Waals surface area (Å²) in [4.78, 5) is 16.6. The number of urea groups is 1. The number of nitrogens with zero attached hydrogens (tertiary/aromatic N) is 3. The second-order valence-electron chi connectivity index (χ2n) is 6.37. The zero-order chi connectivity index (χ0) is 18.1. The molecule has 7 nitrogen and oxygen atoms in total. The molecule has 1 aliphatic rings. The van der Waals surface area contributed by atoms with E-state index >= 15 is 0 Å². The van der Waals surface area contributed by atoms with Gasteiger partial charge in [-0.2, -0.15) is 5.10 Å². The van der Waals surface area contributed by atoms with E-state index in [0.29, 0.717) is 17.9 Å². The largest absolute Gasteiger partial charge is 0.390 e. The molecule has 0 unspecified atom stereocenters.